The summed E-state index contributed by atoms with van der Waals surface area (Å²) in [5.41, 5.74) is 11.9. The van der Waals surface area contributed by atoms with E-state index in [4.69, 9.17) is 5.73 Å². The predicted octanol–water partition coefficient (Wildman–Crippen LogP) is 3.99. The Hall–Kier alpha value is -2.92. The Morgan fingerprint density at radius 1 is 1.14 bits per heavy atom. The zero-order valence-corrected chi connectivity index (χ0v) is 16.2. The number of piperidine rings is 1. The van der Waals surface area contributed by atoms with Gasteiger partial charge in [-0.15, -0.1) is 0 Å². The molecule has 3 heterocycles. The number of hydrogen-bond donors (Lipinski definition) is 2. The second kappa shape index (κ2) is 6.91. The van der Waals surface area contributed by atoms with Crippen molar-refractivity contribution in [2.24, 2.45) is 0 Å². The second-order valence-corrected chi connectivity index (χ2v) is 7.79. The van der Waals surface area contributed by atoms with E-state index in [0.717, 1.165) is 37.0 Å². The van der Waals surface area contributed by atoms with Crippen molar-refractivity contribution in [3.63, 3.8) is 0 Å². The molecule has 142 valence electrons. The molecule has 1 fully saturated rings. The van der Waals surface area contributed by atoms with Crippen LogP contribution in [0.15, 0.2) is 48.7 Å². The van der Waals surface area contributed by atoms with Crippen molar-refractivity contribution >= 4 is 27.6 Å². The molecule has 1 aliphatic rings. The number of hydrogen-bond acceptors (Lipinski definition) is 4. The van der Waals surface area contributed by atoms with Crippen LogP contribution in [-0.2, 0) is 6.54 Å². The fourth-order valence-corrected chi connectivity index (χ4v) is 4.40. The predicted molar refractivity (Wildman–Crippen MR) is 115 cm³/mol. The van der Waals surface area contributed by atoms with Crippen LogP contribution < -0.4 is 11.1 Å². The molecule has 3 N–H and O–H groups in total. The molecular formula is C23H25N5. The highest BCUT2D eigenvalue weighted by Crippen LogP contribution is 2.30. The van der Waals surface area contributed by atoms with Crippen LogP contribution in [0.5, 0.6) is 0 Å². The number of fused-ring (bicyclic) bond motifs is 2. The summed E-state index contributed by atoms with van der Waals surface area (Å²) in [7, 11) is 0. The van der Waals surface area contributed by atoms with Gasteiger partial charge in [-0.2, -0.15) is 5.10 Å². The minimum atomic E-state index is 0.504. The quantitative estimate of drug-likeness (QED) is 0.571. The summed E-state index contributed by atoms with van der Waals surface area (Å²) in [5.74, 6) is 1.06. The van der Waals surface area contributed by atoms with Crippen LogP contribution in [-0.4, -0.2) is 27.9 Å². The Kier molecular flexibility index (Phi) is 4.24. The van der Waals surface area contributed by atoms with Crippen LogP contribution in [0, 0.1) is 6.92 Å². The molecule has 1 aliphatic heterocycles. The largest absolute Gasteiger partial charge is 0.380 e. The smallest absolute Gasteiger partial charge is 0.172 e. The van der Waals surface area contributed by atoms with Crippen LogP contribution in [0.4, 0.5) is 5.82 Å². The molecule has 0 atom stereocenters. The van der Waals surface area contributed by atoms with Crippen molar-refractivity contribution in [2.45, 2.75) is 32.2 Å². The van der Waals surface area contributed by atoms with Gasteiger partial charge in [-0.05, 0) is 72.3 Å². The third kappa shape index (κ3) is 2.92. The summed E-state index contributed by atoms with van der Waals surface area (Å²) >= 11 is 0. The first-order chi connectivity index (χ1) is 13.7. The number of nitrogens with zero attached hydrogens (tertiary/aromatic N) is 3. The van der Waals surface area contributed by atoms with Crippen molar-refractivity contribution in [2.75, 3.05) is 18.8 Å². The maximum absolute atomic E-state index is 6.21. The van der Waals surface area contributed by atoms with Crippen LogP contribution in [0.2, 0.25) is 0 Å². The zero-order chi connectivity index (χ0) is 19.1. The third-order valence-corrected chi connectivity index (χ3v) is 6.03. The van der Waals surface area contributed by atoms with Crippen molar-refractivity contribution in [3.8, 4) is 0 Å². The zero-order valence-electron chi connectivity index (χ0n) is 16.2. The van der Waals surface area contributed by atoms with Crippen molar-refractivity contribution < 1.29 is 0 Å². The highest BCUT2D eigenvalue weighted by atomic mass is 15.3. The first-order valence-electron chi connectivity index (χ1n) is 10.0. The molecule has 2 aromatic heterocycles. The fraction of sp³-hybridized carbons (Fsp3) is 0.304. The summed E-state index contributed by atoms with van der Waals surface area (Å²) in [6, 6.07) is 15.1. The molecule has 4 aromatic rings. The average molecular weight is 371 g/mol. The molecule has 0 radical (unpaired) electrons. The monoisotopic (exact) mass is 371 g/mol. The Bertz CT molecular complexity index is 1150. The standard InChI is InChI=1S/C23H25N5/c1-15-6-7-17-4-2-3-5-19(17)20(15)14-28-21-12-18(16-8-10-25-11-9-16)13-26-22(21)23(24)27-28/h2-7,12-13,16,25H,8-11,14H2,1H3,(H2,24,27). The van der Waals surface area contributed by atoms with E-state index in [1.54, 1.807) is 0 Å². The van der Waals surface area contributed by atoms with Gasteiger partial charge < -0.3 is 11.1 Å². The topological polar surface area (TPSA) is 68.8 Å². The summed E-state index contributed by atoms with van der Waals surface area (Å²) < 4.78 is 2.02. The van der Waals surface area contributed by atoms with Gasteiger partial charge in [0, 0.05) is 6.20 Å². The second-order valence-electron chi connectivity index (χ2n) is 7.79. The van der Waals surface area contributed by atoms with E-state index in [2.05, 4.69) is 64.8 Å². The number of aryl methyl sites for hydroxylation is 1. The Labute approximate surface area is 164 Å². The molecule has 0 amide bonds. The molecule has 5 rings (SSSR count). The molecule has 5 nitrogen and oxygen atoms in total. The number of aromatic nitrogens is 3. The van der Waals surface area contributed by atoms with Crippen LogP contribution in [0.1, 0.15) is 35.4 Å². The highest BCUT2D eigenvalue weighted by molar-refractivity contribution is 5.88. The molecule has 1 saturated heterocycles. The van der Waals surface area contributed by atoms with Crippen LogP contribution in [0.3, 0.4) is 0 Å². The lowest BCUT2D eigenvalue weighted by Gasteiger charge is -2.22. The number of nitrogen functional groups attached to an aromatic ring is 1. The first kappa shape index (κ1) is 17.2. The van der Waals surface area contributed by atoms with Gasteiger partial charge in [0.25, 0.3) is 0 Å². The summed E-state index contributed by atoms with van der Waals surface area (Å²) in [4.78, 5) is 4.67. The van der Waals surface area contributed by atoms with E-state index >= 15 is 0 Å². The first-order valence-corrected chi connectivity index (χ1v) is 10.0. The average Bonchev–Trinajstić information content (AvgIpc) is 3.05. The van der Waals surface area contributed by atoms with E-state index < -0.39 is 0 Å². The molecule has 2 aromatic carbocycles. The van der Waals surface area contributed by atoms with Gasteiger partial charge in [0.1, 0.15) is 5.52 Å². The maximum Gasteiger partial charge on any atom is 0.172 e. The van der Waals surface area contributed by atoms with Gasteiger partial charge in [0.15, 0.2) is 5.82 Å². The SMILES string of the molecule is Cc1ccc2ccccc2c1Cn1nc(N)c2ncc(C3CCNCC3)cc21. The minimum absolute atomic E-state index is 0.504. The minimum Gasteiger partial charge on any atom is -0.380 e. The maximum atomic E-state index is 6.21. The van der Waals surface area contributed by atoms with Gasteiger partial charge in [-0.3, -0.25) is 9.67 Å². The van der Waals surface area contributed by atoms with E-state index in [1.807, 2.05) is 10.9 Å². The normalized spacial score (nSPS) is 15.5. The molecule has 28 heavy (non-hydrogen) atoms. The van der Waals surface area contributed by atoms with E-state index in [9.17, 15) is 0 Å². The van der Waals surface area contributed by atoms with Crippen LogP contribution in [0.25, 0.3) is 21.8 Å². The summed E-state index contributed by atoms with van der Waals surface area (Å²) in [6.45, 7) is 4.99. The number of pyridine rings is 1. The molecule has 0 spiro atoms. The third-order valence-electron chi connectivity index (χ3n) is 6.03. The molecule has 5 heteroatoms. The highest BCUT2D eigenvalue weighted by Gasteiger charge is 2.19. The number of nitrogens with two attached hydrogens (primary N) is 1. The van der Waals surface area contributed by atoms with E-state index in [-0.39, 0.29) is 0 Å². The number of benzene rings is 2. The Balaban J connectivity index is 1.60. The van der Waals surface area contributed by atoms with Gasteiger partial charge in [-0.25, -0.2) is 0 Å². The van der Waals surface area contributed by atoms with E-state index in [0.29, 0.717) is 18.3 Å². The van der Waals surface area contributed by atoms with Gasteiger partial charge in [-0.1, -0.05) is 36.4 Å². The van der Waals surface area contributed by atoms with Crippen molar-refractivity contribution in [3.05, 3.63) is 65.4 Å². The van der Waals surface area contributed by atoms with Gasteiger partial charge in [0.2, 0.25) is 0 Å². The van der Waals surface area contributed by atoms with Gasteiger partial charge >= 0.3 is 0 Å². The van der Waals surface area contributed by atoms with E-state index in [1.165, 1.54) is 27.5 Å². The fourth-order valence-electron chi connectivity index (χ4n) is 4.40. The molecule has 0 aliphatic carbocycles. The van der Waals surface area contributed by atoms with Gasteiger partial charge in [0.05, 0.1) is 12.1 Å². The molecule has 0 saturated carbocycles. The number of anilines is 1. The number of rotatable bonds is 3. The summed E-state index contributed by atoms with van der Waals surface area (Å²) in [6.07, 6.45) is 4.29. The Morgan fingerprint density at radius 2 is 1.96 bits per heavy atom. The summed E-state index contributed by atoms with van der Waals surface area (Å²) in [5, 5.41) is 10.6. The molecular weight excluding hydrogens is 346 g/mol. The lowest BCUT2D eigenvalue weighted by atomic mass is 9.91. The lowest BCUT2D eigenvalue weighted by Crippen LogP contribution is -2.26. The molecule has 0 bridgehead atoms. The molecule has 0 unspecified atom stereocenters. The van der Waals surface area contributed by atoms with Crippen molar-refractivity contribution in [1.29, 1.82) is 0 Å². The van der Waals surface area contributed by atoms with Crippen molar-refractivity contribution in [1.82, 2.24) is 20.1 Å². The lowest BCUT2D eigenvalue weighted by molar-refractivity contribution is 0.460. The Morgan fingerprint density at radius 3 is 2.82 bits per heavy atom. The van der Waals surface area contributed by atoms with Crippen LogP contribution >= 0.6 is 0 Å². The number of nitrogens with one attached hydrogen (secondary N) is 1.